The molecule has 0 amide bonds. The summed E-state index contributed by atoms with van der Waals surface area (Å²) < 4.78 is 15.2. The number of esters is 1. The third-order valence-corrected chi connectivity index (χ3v) is 7.91. The maximum Gasteiger partial charge on any atom is 0.338 e. The zero-order valence-electron chi connectivity index (χ0n) is 25.1. The minimum Gasteiger partial charge on any atom is -0.494 e. The molecule has 0 saturated carbocycles. The van der Waals surface area contributed by atoms with Gasteiger partial charge in [0.15, 0.2) is 12.4 Å². The number of ether oxygens (including phenoxy) is 2. The maximum atomic E-state index is 13.7. The molecule has 1 N–H and O–H groups in total. The molecule has 234 valence electrons. The van der Waals surface area contributed by atoms with Crippen molar-refractivity contribution in [1.29, 1.82) is 0 Å². The van der Waals surface area contributed by atoms with Gasteiger partial charge in [0.25, 0.3) is 11.1 Å². The topological polar surface area (TPSA) is 143 Å². The second kappa shape index (κ2) is 11.7. The molecule has 0 fully saturated rings. The molecule has 7 rings (SSSR count). The molecule has 47 heavy (non-hydrogen) atoms. The van der Waals surface area contributed by atoms with Crippen LogP contribution in [0.1, 0.15) is 28.7 Å². The lowest BCUT2D eigenvalue weighted by molar-refractivity contribution is 0.0461. The predicted molar refractivity (Wildman–Crippen MR) is 176 cm³/mol. The Morgan fingerprint density at radius 2 is 1.62 bits per heavy atom. The minimum atomic E-state index is -0.727. The van der Waals surface area contributed by atoms with Crippen LogP contribution >= 0.6 is 11.6 Å². The molecule has 12 nitrogen and oxygen atoms in total. The minimum absolute atomic E-state index is 0.105. The summed E-state index contributed by atoms with van der Waals surface area (Å²) >= 11 is 6.31. The average molecular weight is 649 g/mol. The van der Waals surface area contributed by atoms with E-state index < -0.39 is 17.2 Å². The molecule has 0 unspecified atom stereocenters. The van der Waals surface area contributed by atoms with Gasteiger partial charge in [0.1, 0.15) is 5.75 Å². The van der Waals surface area contributed by atoms with Gasteiger partial charge in [-0.1, -0.05) is 23.7 Å². The van der Waals surface area contributed by atoms with Crippen molar-refractivity contribution in [3.8, 4) is 17.1 Å². The second-order valence-corrected chi connectivity index (χ2v) is 11.2. The van der Waals surface area contributed by atoms with E-state index in [9.17, 15) is 19.2 Å². The molecule has 0 radical (unpaired) electrons. The molecule has 0 bridgehead atoms. The largest absolute Gasteiger partial charge is 0.494 e. The van der Waals surface area contributed by atoms with Crippen molar-refractivity contribution >= 4 is 45.2 Å². The van der Waals surface area contributed by atoms with Gasteiger partial charge in [-0.25, -0.2) is 18.7 Å². The maximum absolute atomic E-state index is 13.7. The number of rotatable bonds is 7. The third kappa shape index (κ3) is 5.24. The fourth-order valence-corrected chi connectivity index (χ4v) is 5.69. The predicted octanol–water partition coefficient (Wildman–Crippen LogP) is 4.74. The number of hydrogen-bond donors (Lipinski definition) is 1. The average Bonchev–Trinajstić information content (AvgIpc) is 3.48. The van der Waals surface area contributed by atoms with Crippen LogP contribution in [0.2, 0.25) is 5.02 Å². The van der Waals surface area contributed by atoms with Crippen LogP contribution in [-0.4, -0.2) is 41.3 Å². The number of aryl methyl sites for hydroxylation is 1. The molecule has 0 spiro atoms. The number of aromatic amines is 1. The van der Waals surface area contributed by atoms with Crippen LogP contribution in [0.25, 0.3) is 39.0 Å². The first kappa shape index (κ1) is 29.7. The molecule has 7 aromatic rings. The van der Waals surface area contributed by atoms with Crippen molar-refractivity contribution in [1.82, 2.24) is 28.7 Å². The summed E-state index contributed by atoms with van der Waals surface area (Å²) in [7, 11) is 0. The van der Waals surface area contributed by atoms with E-state index in [0.717, 1.165) is 10.1 Å². The molecule has 3 aromatic heterocycles. The van der Waals surface area contributed by atoms with Crippen LogP contribution in [0.3, 0.4) is 0 Å². The lowest BCUT2D eigenvalue weighted by Crippen LogP contribution is -2.33. The molecule has 0 aliphatic heterocycles. The van der Waals surface area contributed by atoms with Crippen molar-refractivity contribution in [2.45, 2.75) is 20.5 Å². The van der Waals surface area contributed by atoms with Gasteiger partial charge >= 0.3 is 11.7 Å². The van der Waals surface area contributed by atoms with E-state index in [2.05, 4.69) is 15.2 Å². The van der Waals surface area contributed by atoms with Crippen LogP contribution in [0, 0.1) is 6.92 Å². The Morgan fingerprint density at radius 3 is 2.38 bits per heavy atom. The molecular formula is C34H25ClN6O6. The Morgan fingerprint density at radius 1 is 0.851 bits per heavy atom. The lowest BCUT2D eigenvalue weighted by Gasteiger charge is -2.13. The van der Waals surface area contributed by atoms with Gasteiger partial charge in [-0.2, -0.15) is 0 Å². The normalized spacial score (nSPS) is 11.4. The van der Waals surface area contributed by atoms with Crippen molar-refractivity contribution in [3.05, 3.63) is 138 Å². The van der Waals surface area contributed by atoms with Crippen LogP contribution in [0.4, 0.5) is 0 Å². The van der Waals surface area contributed by atoms with Crippen molar-refractivity contribution in [2.24, 2.45) is 0 Å². The van der Waals surface area contributed by atoms with Gasteiger partial charge < -0.3 is 14.5 Å². The molecule has 0 atom stereocenters. The molecular weight excluding hydrogens is 624 g/mol. The third-order valence-electron chi connectivity index (χ3n) is 7.68. The number of benzene rings is 4. The first-order chi connectivity index (χ1) is 22.7. The van der Waals surface area contributed by atoms with Crippen LogP contribution in [-0.2, 0) is 11.3 Å². The van der Waals surface area contributed by atoms with Crippen LogP contribution in [0.15, 0.2) is 99.3 Å². The highest BCUT2D eigenvalue weighted by molar-refractivity contribution is 6.31. The van der Waals surface area contributed by atoms with Gasteiger partial charge in [-0.3, -0.25) is 14.0 Å². The summed E-state index contributed by atoms with van der Waals surface area (Å²) in [4.78, 5) is 55.7. The van der Waals surface area contributed by atoms with Gasteiger partial charge in [-0.05, 0) is 92.2 Å². The van der Waals surface area contributed by atoms with Crippen LogP contribution in [0.5, 0.6) is 5.75 Å². The number of nitrogens with one attached hydrogen (secondary N) is 1. The monoisotopic (exact) mass is 648 g/mol. The van der Waals surface area contributed by atoms with Gasteiger partial charge in [0.05, 0.1) is 45.4 Å². The quantitative estimate of drug-likeness (QED) is 0.244. The highest BCUT2D eigenvalue weighted by Crippen LogP contribution is 2.23. The number of aromatic nitrogens is 6. The summed E-state index contributed by atoms with van der Waals surface area (Å²) in [6.45, 7) is 3.93. The van der Waals surface area contributed by atoms with Gasteiger partial charge in [0.2, 0.25) is 5.78 Å². The zero-order valence-corrected chi connectivity index (χ0v) is 25.8. The highest BCUT2D eigenvalue weighted by Gasteiger charge is 2.20. The Hall–Kier alpha value is -6.01. The number of hydrogen-bond acceptors (Lipinski definition) is 8. The standard InChI is InChI=1S/C34H25ClN6O6/c1-3-46-24-11-9-22(10-12-24)39-31(43)26-14-8-21(35)17-28(26)41-29(37-38-33(39)41)18-47-32(44)20-7-13-25-27(16-20)36-34(45)40(30(25)42)23-6-4-5-19(2)15-23/h4-17H,3,18H2,1-2H3,(H,36,45). The van der Waals surface area contributed by atoms with E-state index in [4.69, 9.17) is 21.1 Å². The number of H-pyrrole nitrogens is 1. The molecule has 13 heteroatoms. The summed E-state index contributed by atoms with van der Waals surface area (Å²) in [5, 5.41) is 9.49. The molecule has 0 aliphatic carbocycles. The van der Waals surface area contributed by atoms with E-state index in [1.54, 1.807) is 65.1 Å². The van der Waals surface area contributed by atoms with Crippen LogP contribution < -0.4 is 21.5 Å². The molecule has 3 heterocycles. The lowest BCUT2D eigenvalue weighted by atomic mass is 10.1. The fourth-order valence-electron chi connectivity index (χ4n) is 5.52. The Labute approximate surface area is 270 Å². The van der Waals surface area contributed by atoms with Crippen molar-refractivity contribution < 1.29 is 14.3 Å². The number of nitrogens with zero attached hydrogens (tertiary/aromatic N) is 5. The van der Waals surface area contributed by atoms with Gasteiger partial charge in [0, 0.05) is 5.02 Å². The Bertz CT molecular complexity index is 2550. The van der Waals surface area contributed by atoms with E-state index >= 15 is 0 Å². The van der Waals surface area contributed by atoms with Crippen molar-refractivity contribution in [3.63, 3.8) is 0 Å². The first-order valence-electron chi connectivity index (χ1n) is 14.6. The van der Waals surface area contributed by atoms with E-state index in [-0.39, 0.29) is 40.2 Å². The SMILES string of the molecule is CCOc1ccc(-n2c(=O)c3ccc(Cl)cc3n3c(COC(=O)c4ccc5c(=O)n(-c6cccc(C)c6)c(=O)[nH]c5c4)nnc23)cc1. The van der Waals surface area contributed by atoms with E-state index in [1.165, 1.54) is 22.8 Å². The number of carbonyl (C=O) groups is 1. The summed E-state index contributed by atoms with van der Waals surface area (Å²) in [6.07, 6.45) is 0. The summed E-state index contributed by atoms with van der Waals surface area (Å²) in [5.41, 5.74) is 1.08. The van der Waals surface area contributed by atoms with Gasteiger partial charge in [-0.15, -0.1) is 10.2 Å². The smallest absolute Gasteiger partial charge is 0.338 e. The van der Waals surface area contributed by atoms with Crippen molar-refractivity contribution in [2.75, 3.05) is 6.61 Å². The summed E-state index contributed by atoms with van der Waals surface area (Å²) in [6, 6.07) is 23.2. The van der Waals surface area contributed by atoms with E-state index in [0.29, 0.717) is 39.7 Å². The molecule has 4 aromatic carbocycles. The Balaban J connectivity index is 1.24. The first-order valence-corrected chi connectivity index (χ1v) is 15.0. The number of carbonyl (C=O) groups excluding carboxylic acids is 1. The number of fused-ring (bicyclic) bond motifs is 4. The molecule has 0 aliphatic rings. The number of halogens is 1. The molecule has 0 saturated heterocycles. The second-order valence-electron chi connectivity index (χ2n) is 10.7. The summed E-state index contributed by atoms with van der Waals surface area (Å²) in [5.74, 6) is 0.342. The Kier molecular flexibility index (Phi) is 7.41. The zero-order chi connectivity index (χ0) is 32.8. The van der Waals surface area contributed by atoms with E-state index in [1.807, 2.05) is 19.9 Å². The highest BCUT2D eigenvalue weighted by atomic mass is 35.5. The fraction of sp³-hybridized carbons (Fsp3) is 0.118.